The summed E-state index contributed by atoms with van der Waals surface area (Å²) in [5.74, 6) is 0.905. The van der Waals surface area contributed by atoms with Crippen LogP contribution >= 0.6 is 0 Å². The molecular weight excluding hydrogens is 224 g/mol. The molecule has 0 radical (unpaired) electrons. The van der Waals surface area contributed by atoms with Crippen molar-refractivity contribution < 1.29 is 4.74 Å². The Kier molecular flexibility index (Phi) is 4.05. The van der Waals surface area contributed by atoms with Crippen LogP contribution in [-0.2, 0) is 4.74 Å². The number of methoxy groups -OCH3 is 1. The first-order valence-electron chi connectivity index (χ1n) is 7.40. The van der Waals surface area contributed by atoms with Crippen LogP contribution in [0.1, 0.15) is 47.0 Å². The van der Waals surface area contributed by atoms with E-state index >= 15 is 0 Å². The molecule has 1 saturated carbocycles. The van der Waals surface area contributed by atoms with Crippen molar-refractivity contribution in [3.8, 4) is 0 Å². The molecule has 3 heteroatoms. The van der Waals surface area contributed by atoms with Crippen LogP contribution in [0, 0.1) is 5.92 Å². The summed E-state index contributed by atoms with van der Waals surface area (Å²) in [4.78, 5) is 2.65. The predicted octanol–water partition coefficient (Wildman–Crippen LogP) is 2.26. The Morgan fingerprint density at radius 2 is 2.06 bits per heavy atom. The third kappa shape index (κ3) is 3.25. The number of piperazine rings is 1. The van der Waals surface area contributed by atoms with Crippen molar-refractivity contribution in [1.29, 1.82) is 0 Å². The summed E-state index contributed by atoms with van der Waals surface area (Å²) in [6, 6.07) is 0.643. The van der Waals surface area contributed by atoms with Gasteiger partial charge in [0.1, 0.15) is 0 Å². The Morgan fingerprint density at radius 3 is 2.61 bits per heavy atom. The number of nitrogens with one attached hydrogen (secondary N) is 1. The van der Waals surface area contributed by atoms with Gasteiger partial charge in [-0.05, 0) is 52.9 Å². The summed E-state index contributed by atoms with van der Waals surface area (Å²) >= 11 is 0. The second kappa shape index (κ2) is 5.10. The molecule has 0 aromatic carbocycles. The fourth-order valence-corrected chi connectivity index (χ4v) is 2.95. The molecule has 1 aliphatic carbocycles. The minimum atomic E-state index is 0.000573. The van der Waals surface area contributed by atoms with Gasteiger partial charge in [-0.2, -0.15) is 0 Å². The third-order valence-electron chi connectivity index (χ3n) is 4.99. The molecule has 1 N–H and O–H groups in total. The van der Waals surface area contributed by atoms with Crippen LogP contribution in [0.15, 0.2) is 0 Å². The Balaban J connectivity index is 1.89. The van der Waals surface area contributed by atoms with E-state index in [1.54, 1.807) is 0 Å². The molecule has 0 aromatic heterocycles. The quantitative estimate of drug-likeness (QED) is 0.814. The third-order valence-corrected chi connectivity index (χ3v) is 4.99. The maximum Gasteiger partial charge on any atom is 0.0634 e. The monoisotopic (exact) mass is 254 g/mol. The number of hydrogen-bond acceptors (Lipinski definition) is 3. The molecule has 0 amide bonds. The molecule has 0 spiro atoms. The molecular formula is C15H30N2O. The van der Waals surface area contributed by atoms with Crippen molar-refractivity contribution in [2.24, 2.45) is 5.92 Å². The van der Waals surface area contributed by atoms with Gasteiger partial charge < -0.3 is 10.1 Å². The van der Waals surface area contributed by atoms with Crippen LogP contribution in [0.2, 0.25) is 0 Å². The van der Waals surface area contributed by atoms with Gasteiger partial charge in [-0.1, -0.05) is 0 Å². The maximum atomic E-state index is 5.53. The smallest absolute Gasteiger partial charge is 0.0634 e. The summed E-state index contributed by atoms with van der Waals surface area (Å²) in [5.41, 5.74) is 0.351. The molecule has 3 nitrogen and oxygen atoms in total. The summed E-state index contributed by atoms with van der Waals surface area (Å²) < 4.78 is 5.53. The van der Waals surface area contributed by atoms with Gasteiger partial charge in [0.2, 0.25) is 0 Å². The Hall–Kier alpha value is -0.120. The van der Waals surface area contributed by atoms with Crippen molar-refractivity contribution in [2.45, 2.75) is 64.1 Å². The lowest BCUT2D eigenvalue weighted by Crippen LogP contribution is -2.63. The van der Waals surface area contributed by atoms with Crippen LogP contribution in [0.5, 0.6) is 0 Å². The minimum Gasteiger partial charge on any atom is -0.379 e. The largest absolute Gasteiger partial charge is 0.379 e. The average Bonchev–Trinajstić information content (AvgIpc) is 3.15. The van der Waals surface area contributed by atoms with Crippen molar-refractivity contribution >= 4 is 0 Å². The molecule has 18 heavy (non-hydrogen) atoms. The standard InChI is InChI=1S/C15H30N2O/c1-12-10-16-15(4,13-6-7-13)11-17(12)9-8-14(2,3)18-5/h12-13,16H,6-11H2,1-5H3. The molecule has 1 aliphatic heterocycles. The Morgan fingerprint density at radius 1 is 1.39 bits per heavy atom. The van der Waals surface area contributed by atoms with Gasteiger partial charge in [-0.3, -0.25) is 4.90 Å². The maximum absolute atomic E-state index is 5.53. The van der Waals surface area contributed by atoms with E-state index < -0.39 is 0 Å². The highest BCUT2D eigenvalue weighted by molar-refractivity contribution is 5.03. The van der Waals surface area contributed by atoms with E-state index in [4.69, 9.17) is 4.74 Å². The van der Waals surface area contributed by atoms with Crippen molar-refractivity contribution in [2.75, 3.05) is 26.7 Å². The van der Waals surface area contributed by atoms with E-state index in [9.17, 15) is 0 Å². The van der Waals surface area contributed by atoms with Gasteiger partial charge in [0.15, 0.2) is 0 Å². The highest BCUT2D eigenvalue weighted by Crippen LogP contribution is 2.41. The van der Waals surface area contributed by atoms with E-state index in [0.29, 0.717) is 11.6 Å². The first-order chi connectivity index (χ1) is 8.36. The number of rotatable bonds is 5. The molecule has 1 saturated heterocycles. The topological polar surface area (TPSA) is 24.5 Å². The summed E-state index contributed by atoms with van der Waals surface area (Å²) in [6.07, 6.45) is 3.93. The zero-order valence-corrected chi connectivity index (χ0v) is 12.8. The molecule has 2 rings (SSSR count). The fourth-order valence-electron chi connectivity index (χ4n) is 2.95. The minimum absolute atomic E-state index is 0.000573. The summed E-state index contributed by atoms with van der Waals surface area (Å²) in [5, 5.41) is 3.78. The molecule has 0 bridgehead atoms. The van der Waals surface area contributed by atoms with E-state index in [0.717, 1.165) is 25.4 Å². The van der Waals surface area contributed by atoms with Crippen molar-refractivity contribution in [3.05, 3.63) is 0 Å². The molecule has 106 valence electrons. The normalized spacial score (nSPS) is 34.8. The highest BCUT2D eigenvalue weighted by Gasteiger charge is 2.45. The number of ether oxygens (including phenoxy) is 1. The zero-order valence-electron chi connectivity index (χ0n) is 12.8. The first kappa shape index (κ1) is 14.3. The lowest BCUT2D eigenvalue weighted by molar-refractivity contribution is -0.00472. The lowest BCUT2D eigenvalue weighted by Gasteiger charge is -2.46. The van der Waals surface area contributed by atoms with Gasteiger partial charge in [-0.25, -0.2) is 0 Å². The van der Waals surface area contributed by atoms with Crippen LogP contribution in [0.4, 0.5) is 0 Å². The van der Waals surface area contributed by atoms with Crippen LogP contribution < -0.4 is 5.32 Å². The molecule has 1 heterocycles. The van der Waals surface area contributed by atoms with Crippen molar-refractivity contribution in [3.63, 3.8) is 0 Å². The molecule has 2 aliphatic rings. The first-order valence-corrected chi connectivity index (χ1v) is 7.40. The van der Waals surface area contributed by atoms with E-state index in [2.05, 4.69) is 37.9 Å². The van der Waals surface area contributed by atoms with Gasteiger partial charge in [0.25, 0.3) is 0 Å². The van der Waals surface area contributed by atoms with E-state index in [1.807, 2.05) is 7.11 Å². The van der Waals surface area contributed by atoms with Crippen molar-refractivity contribution in [1.82, 2.24) is 10.2 Å². The van der Waals surface area contributed by atoms with Gasteiger partial charge >= 0.3 is 0 Å². The fraction of sp³-hybridized carbons (Fsp3) is 1.00. The zero-order chi connectivity index (χ0) is 13.4. The van der Waals surface area contributed by atoms with Crippen LogP contribution in [0.25, 0.3) is 0 Å². The summed E-state index contributed by atoms with van der Waals surface area (Å²) in [6.45, 7) is 12.6. The lowest BCUT2D eigenvalue weighted by atomic mass is 9.90. The second-order valence-corrected chi connectivity index (χ2v) is 7.11. The Labute approximate surface area is 112 Å². The van der Waals surface area contributed by atoms with E-state index in [-0.39, 0.29) is 5.60 Å². The van der Waals surface area contributed by atoms with Gasteiger partial charge in [-0.15, -0.1) is 0 Å². The average molecular weight is 254 g/mol. The second-order valence-electron chi connectivity index (χ2n) is 7.11. The van der Waals surface area contributed by atoms with Gasteiger partial charge in [0.05, 0.1) is 5.60 Å². The molecule has 0 aromatic rings. The van der Waals surface area contributed by atoms with Crippen LogP contribution in [0.3, 0.4) is 0 Å². The number of nitrogens with zero attached hydrogens (tertiary/aromatic N) is 1. The van der Waals surface area contributed by atoms with Crippen LogP contribution in [-0.4, -0.2) is 48.8 Å². The predicted molar refractivity (Wildman–Crippen MR) is 75.9 cm³/mol. The summed E-state index contributed by atoms with van der Waals surface area (Å²) in [7, 11) is 1.81. The SMILES string of the molecule is COC(C)(C)CCN1CC(C)(C2CC2)NCC1C. The molecule has 2 atom stereocenters. The number of hydrogen-bond donors (Lipinski definition) is 1. The van der Waals surface area contributed by atoms with E-state index in [1.165, 1.54) is 19.4 Å². The molecule has 2 fully saturated rings. The molecule has 2 unspecified atom stereocenters. The Bertz CT molecular complexity index is 288. The van der Waals surface area contributed by atoms with Gasteiger partial charge in [0, 0.05) is 38.3 Å². The highest BCUT2D eigenvalue weighted by atomic mass is 16.5.